The van der Waals surface area contributed by atoms with Crippen molar-refractivity contribution in [3.05, 3.63) is 35.4 Å². The van der Waals surface area contributed by atoms with Crippen molar-refractivity contribution in [1.82, 2.24) is 5.32 Å². The molecule has 1 aromatic carbocycles. The van der Waals surface area contributed by atoms with Gasteiger partial charge < -0.3 is 11.1 Å². The smallest absolute Gasteiger partial charge is 0.251 e. The van der Waals surface area contributed by atoms with Gasteiger partial charge in [-0.1, -0.05) is 46.8 Å². The van der Waals surface area contributed by atoms with Gasteiger partial charge in [0.2, 0.25) is 0 Å². The molecule has 0 heterocycles. The maximum absolute atomic E-state index is 12.3. The third-order valence-corrected chi connectivity index (χ3v) is 4.66. The minimum Gasteiger partial charge on any atom is -0.349 e. The van der Waals surface area contributed by atoms with E-state index in [0.29, 0.717) is 5.56 Å². The molecule has 3 N–H and O–H groups in total. The minimum absolute atomic E-state index is 0.00423. The Bertz CT molecular complexity index is 497. The van der Waals surface area contributed by atoms with Crippen LogP contribution in [0, 0.1) is 5.41 Å². The number of amides is 1. The maximum atomic E-state index is 12.3. The summed E-state index contributed by atoms with van der Waals surface area (Å²) in [5.74, 6) is -0.00423. The van der Waals surface area contributed by atoms with Crippen LogP contribution in [0.5, 0.6) is 0 Å². The summed E-state index contributed by atoms with van der Waals surface area (Å²) in [6.07, 6.45) is 0.860. The van der Waals surface area contributed by atoms with Crippen molar-refractivity contribution in [2.24, 2.45) is 11.1 Å². The van der Waals surface area contributed by atoms with E-state index < -0.39 is 0 Å². The second kappa shape index (κ2) is 4.88. The average Bonchev–Trinajstić information content (AvgIpc) is 2.37. The summed E-state index contributed by atoms with van der Waals surface area (Å²) < 4.78 is 0. The van der Waals surface area contributed by atoms with E-state index in [-0.39, 0.29) is 28.8 Å². The van der Waals surface area contributed by atoms with Gasteiger partial charge in [0.05, 0.1) is 0 Å². The van der Waals surface area contributed by atoms with E-state index in [9.17, 15) is 4.79 Å². The first kappa shape index (κ1) is 15.0. The van der Waals surface area contributed by atoms with Crippen LogP contribution in [0.3, 0.4) is 0 Å². The third-order valence-electron chi connectivity index (χ3n) is 4.66. The Morgan fingerprint density at radius 1 is 1.25 bits per heavy atom. The molecule has 2 unspecified atom stereocenters. The van der Waals surface area contributed by atoms with E-state index in [1.165, 1.54) is 5.56 Å². The molecular formula is C17H26N2O. The first-order chi connectivity index (χ1) is 9.12. The van der Waals surface area contributed by atoms with Crippen LogP contribution in [-0.4, -0.2) is 18.0 Å². The highest BCUT2D eigenvalue weighted by Crippen LogP contribution is 2.39. The fourth-order valence-corrected chi connectivity index (χ4v) is 2.57. The number of hydrogen-bond acceptors (Lipinski definition) is 2. The molecule has 1 aromatic rings. The Morgan fingerprint density at radius 3 is 2.20 bits per heavy atom. The molecule has 3 heteroatoms. The van der Waals surface area contributed by atoms with Gasteiger partial charge in [0.1, 0.15) is 0 Å². The Labute approximate surface area is 121 Å². The molecule has 0 bridgehead atoms. The van der Waals surface area contributed by atoms with Crippen LogP contribution in [-0.2, 0) is 5.41 Å². The first-order valence-corrected chi connectivity index (χ1v) is 7.29. The summed E-state index contributed by atoms with van der Waals surface area (Å²) in [4.78, 5) is 12.3. The molecule has 0 radical (unpaired) electrons. The van der Waals surface area contributed by atoms with E-state index in [0.717, 1.165) is 6.42 Å². The molecule has 0 saturated heterocycles. The molecule has 1 fully saturated rings. The average molecular weight is 274 g/mol. The van der Waals surface area contributed by atoms with E-state index in [4.69, 9.17) is 5.73 Å². The van der Waals surface area contributed by atoms with Gasteiger partial charge >= 0.3 is 0 Å². The normalized spacial score (nSPS) is 24.9. The van der Waals surface area contributed by atoms with E-state index in [1.54, 1.807) is 0 Å². The van der Waals surface area contributed by atoms with E-state index >= 15 is 0 Å². The van der Waals surface area contributed by atoms with Crippen molar-refractivity contribution >= 4 is 5.91 Å². The van der Waals surface area contributed by atoms with Gasteiger partial charge in [0, 0.05) is 23.1 Å². The van der Waals surface area contributed by atoms with Crippen LogP contribution in [0.25, 0.3) is 0 Å². The zero-order valence-corrected chi connectivity index (χ0v) is 13.2. The Hall–Kier alpha value is -1.35. The third kappa shape index (κ3) is 2.73. The van der Waals surface area contributed by atoms with Gasteiger partial charge in [-0.05, 0) is 29.5 Å². The van der Waals surface area contributed by atoms with Crippen LogP contribution >= 0.6 is 0 Å². The monoisotopic (exact) mass is 274 g/mol. The van der Waals surface area contributed by atoms with E-state index in [1.807, 2.05) is 24.3 Å². The second-order valence-electron chi connectivity index (χ2n) is 7.52. The Balaban J connectivity index is 2.04. The van der Waals surface area contributed by atoms with Crippen LogP contribution in [0.15, 0.2) is 24.3 Å². The summed E-state index contributed by atoms with van der Waals surface area (Å²) >= 11 is 0. The molecule has 1 amide bonds. The number of nitrogens with two attached hydrogens (primary N) is 1. The highest BCUT2D eigenvalue weighted by atomic mass is 16.1. The Kier molecular flexibility index (Phi) is 3.67. The topological polar surface area (TPSA) is 55.1 Å². The molecule has 1 aliphatic rings. The molecule has 0 aromatic heterocycles. The predicted molar refractivity (Wildman–Crippen MR) is 82.8 cm³/mol. The van der Waals surface area contributed by atoms with Crippen molar-refractivity contribution in [2.75, 3.05) is 0 Å². The zero-order valence-electron chi connectivity index (χ0n) is 13.2. The molecular weight excluding hydrogens is 248 g/mol. The van der Waals surface area contributed by atoms with Crippen molar-refractivity contribution < 1.29 is 4.79 Å². The maximum Gasteiger partial charge on any atom is 0.251 e. The zero-order chi connectivity index (χ0) is 15.1. The minimum atomic E-state index is -0.0129. The van der Waals surface area contributed by atoms with Gasteiger partial charge in [-0.25, -0.2) is 0 Å². The number of carbonyl (C=O) groups is 1. The van der Waals surface area contributed by atoms with Crippen LogP contribution in [0.4, 0.5) is 0 Å². The largest absolute Gasteiger partial charge is 0.349 e. The summed E-state index contributed by atoms with van der Waals surface area (Å²) in [5.41, 5.74) is 8.03. The van der Waals surface area contributed by atoms with Crippen LogP contribution in [0.1, 0.15) is 57.0 Å². The Morgan fingerprint density at radius 2 is 1.80 bits per heavy atom. The number of hydrogen-bond donors (Lipinski definition) is 2. The summed E-state index contributed by atoms with van der Waals surface area (Å²) in [7, 11) is 0. The molecule has 1 aliphatic carbocycles. The molecule has 3 nitrogen and oxygen atoms in total. The van der Waals surface area contributed by atoms with Crippen molar-refractivity contribution in [2.45, 2.75) is 58.5 Å². The van der Waals surface area contributed by atoms with Gasteiger partial charge in [-0.15, -0.1) is 0 Å². The van der Waals surface area contributed by atoms with Crippen LogP contribution in [0.2, 0.25) is 0 Å². The SMILES string of the molecule is CC(C)(C)c1ccc(C(=O)NC2CC(N)C2(C)C)cc1. The molecule has 2 atom stereocenters. The predicted octanol–water partition coefficient (Wildman–Crippen LogP) is 2.84. The highest BCUT2D eigenvalue weighted by Gasteiger charge is 2.46. The lowest BCUT2D eigenvalue weighted by Crippen LogP contribution is -2.64. The second-order valence-corrected chi connectivity index (χ2v) is 7.52. The lowest BCUT2D eigenvalue weighted by Gasteiger charge is -2.50. The summed E-state index contributed by atoms with van der Waals surface area (Å²) in [6.45, 7) is 10.7. The van der Waals surface area contributed by atoms with Gasteiger partial charge in [0.25, 0.3) is 5.91 Å². The summed E-state index contributed by atoms with van der Waals surface area (Å²) in [6, 6.07) is 8.23. The highest BCUT2D eigenvalue weighted by molar-refractivity contribution is 5.94. The number of nitrogens with one attached hydrogen (secondary N) is 1. The molecule has 0 aliphatic heterocycles. The molecule has 110 valence electrons. The number of rotatable bonds is 2. The molecule has 20 heavy (non-hydrogen) atoms. The molecule has 2 rings (SSSR count). The quantitative estimate of drug-likeness (QED) is 0.871. The number of benzene rings is 1. The lowest BCUT2D eigenvalue weighted by atomic mass is 9.63. The molecule has 0 spiro atoms. The van der Waals surface area contributed by atoms with E-state index in [2.05, 4.69) is 39.9 Å². The van der Waals surface area contributed by atoms with Gasteiger partial charge in [-0.3, -0.25) is 4.79 Å². The lowest BCUT2D eigenvalue weighted by molar-refractivity contribution is 0.0586. The first-order valence-electron chi connectivity index (χ1n) is 7.29. The number of carbonyl (C=O) groups excluding carboxylic acids is 1. The fourth-order valence-electron chi connectivity index (χ4n) is 2.57. The molecule has 1 saturated carbocycles. The fraction of sp³-hybridized carbons (Fsp3) is 0.588. The van der Waals surface area contributed by atoms with Gasteiger partial charge in [0.15, 0.2) is 0 Å². The van der Waals surface area contributed by atoms with Crippen molar-refractivity contribution in [3.8, 4) is 0 Å². The van der Waals surface area contributed by atoms with Gasteiger partial charge in [-0.2, -0.15) is 0 Å². The van der Waals surface area contributed by atoms with Crippen LogP contribution < -0.4 is 11.1 Å². The summed E-state index contributed by atoms with van der Waals surface area (Å²) in [5, 5.41) is 3.09. The van der Waals surface area contributed by atoms with Crippen molar-refractivity contribution in [1.29, 1.82) is 0 Å². The van der Waals surface area contributed by atoms with Crippen molar-refractivity contribution in [3.63, 3.8) is 0 Å². The standard InChI is InChI=1S/C17H26N2O/c1-16(2,3)12-8-6-11(7-9-12)15(20)19-14-10-13(18)17(14,4)5/h6-9,13-14H,10,18H2,1-5H3,(H,19,20).